The van der Waals surface area contributed by atoms with Gasteiger partial charge in [0.1, 0.15) is 6.61 Å². The molecule has 1 aromatic carbocycles. The van der Waals surface area contributed by atoms with E-state index in [1.54, 1.807) is 24.4 Å². The lowest BCUT2D eigenvalue weighted by molar-refractivity contribution is -0.125. The topological polar surface area (TPSA) is 69.7 Å². The molecule has 1 atom stereocenters. The maximum atomic E-state index is 12.4. The highest BCUT2D eigenvalue weighted by molar-refractivity contribution is 5.96. The second kappa shape index (κ2) is 5.93. The van der Waals surface area contributed by atoms with Crippen molar-refractivity contribution in [1.29, 1.82) is 0 Å². The van der Waals surface area contributed by atoms with Crippen LogP contribution in [-0.2, 0) is 4.79 Å². The number of hydrogen-bond donors (Lipinski definition) is 1. The maximum Gasteiger partial charge on any atom is 0.269 e. The highest BCUT2D eigenvalue weighted by Crippen LogP contribution is 2.32. The lowest BCUT2D eigenvalue weighted by Crippen LogP contribution is -2.40. The van der Waals surface area contributed by atoms with Gasteiger partial charge < -0.3 is 19.5 Å². The standard InChI is InChI=1S/C16H16N2O4/c1-10-15(20-2)11(7-8-17-10)18-16(19)14-9-21-12-5-3-4-6-13(12)22-14/h3-8,14H,9H2,1-2H3,(H,17,18,19). The quantitative estimate of drug-likeness (QED) is 0.941. The van der Waals surface area contributed by atoms with Gasteiger partial charge in [0, 0.05) is 6.20 Å². The summed E-state index contributed by atoms with van der Waals surface area (Å²) in [5, 5.41) is 2.79. The first-order valence-corrected chi connectivity index (χ1v) is 6.88. The summed E-state index contributed by atoms with van der Waals surface area (Å²) in [6.45, 7) is 1.97. The first kappa shape index (κ1) is 14.2. The van der Waals surface area contributed by atoms with Gasteiger partial charge in [-0.3, -0.25) is 9.78 Å². The molecule has 1 aliphatic heterocycles. The van der Waals surface area contributed by atoms with Crippen LogP contribution in [0.2, 0.25) is 0 Å². The fraction of sp³-hybridized carbons (Fsp3) is 0.250. The normalized spacial score (nSPS) is 16.0. The third kappa shape index (κ3) is 2.67. The van der Waals surface area contributed by atoms with Crippen LogP contribution in [0, 0.1) is 6.92 Å². The van der Waals surface area contributed by atoms with Gasteiger partial charge in [-0.05, 0) is 25.1 Å². The molecule has 2 heterocycles. The SMILES string of the molecule is COc1c(NC(=O)C2COc3ccccc3O2)ccnc1C. The minimum Gasteiger partial charge on any atom is -0.493 e. The summed E-state index contributed by atoms with van der Waals surface area (Å²) in [5.74, 6) is 1.45. The van der Waals surface area contributed by atoms with Gasteiger partial charge in [-0.25, -0.2) is 0 Å². The zero-order valence-corrected chi connectivity index (χ0v) is 12.3. The predicted molar refractivity (Wildman–Crippen MR) is 80.5 cm³/mol. The van der Waals surface area contributed by atoms with Gasteiger partial charge in [-0.15, -0.1) is 0 Å². The van der Waals surface area contributed by atoms with Crippen molar-refractivity contribution in [2.75, 3.05) is 19.0 Å². The lowest BCUT2D eigenvalue weighted by Gasteiger charge is -2.25. The van der Waals surface area contributed by atoms with Crippen molar-refractivity contribution in [2.24, 2.45) is 0 Å². The van der Waals surface area contributed by atoms with Gasteiger partial charge in [0.25, 0.3) is 5.91 Å². The summed E-state index contributed by atoms with van der Waals surface area (Å²) < 4.78 is 16.5. The number of benzene rings is 1. The van der Waals surface area contributed by atoms with Gasteiger partial charge in [0.2, 0.25) is 6.10 Å². The Bertz CT molecular complexity index is 702. The van der Waals surface area contributed by atoms with E-state index in [1.807, 2.05) is 19.1 Å². The number of nitrogens with zero attached hydrogens (tertiary/aromatic N) is 1. The number of aromatic nitrogens is 1. The molecular weight excluding hydrogens is 284 g/mol. The molecule has 0 aliphatic carbocycles. The molecule has 0 spiro atoms. The molecule has 1 aromatic heterocycles. The highest BCUT2D eigenvalue weighted by atomic mass is 16.6. The number of nitrogens with one attached hydrogen (secondary N) is 1. The molecule has 114 valence electrons. The van der Waals surface area contributed by atoms with Crippen LogP contribution >= 0.6 is 0 Å². The molecule has 1 aliphatic rings. The molecule has 2 aromatic rings. The lowest BCUT2D eigenvalue weighted by atomic mass is 10.2. The second-order valence-corrected chi connectivity index (χ2v) is 4.83. The zero-order valence-electron chi connectivity index (χ0n) is 12.3. The van der Waals surface area contributed by atoms with E-state index in [4.69, 9.17) is 14.2 Å². The van der Waals surface area contributed by atoms with Gasteiger partial charge in [-0.1, -0.05) is 12.1 Å². The maximum absolute atomic E-state index is 12.4. The summed E-state index contributed by atoms with van der Waals surface area (Å²) in [6.07, 6.45) is 0.897. The highest BCUT2D eigenvalue weighted by Gasteiger charge is 2.28. The van der Waals surface area contributed by atoms with Crippen LogP contribution in [0.4, 0.5) is 5.69 Å². The van der Waals surface area contributed by atoms with Crippen LogP contribution in [0.25, 0.3) is 0 Å². The zero-order chi connectivity index (χ0) is 15.5. The van der Waals surface area contributed by atoms with Crippen molar-refractivity contribution < 1.29 is 19.0 Å². The average molecular weight is 300 g/mol. The predicted octanol–water partition coefficient (Wildman–Crippen LogP) is 2.18. The molecule has 3 rings (SSSR count). The number of carbonyl (C=O) groups excluding carboxylic acids is 1. The molecule has 0 fully saturated rings. The number of amides is 1. The summed E-state index contributed by atoms with van der Waals surface area (Å²) in [4.78, 5) is 16.5. The van der Waals surface area contributed by atoms with Crippen molar-refractivity contribution in [1.82, 2.24) is 4.98 Å². The fourth-order valence-corrected chi connectivity index (χ4v) is 2.27. The number of rotatable bonds is 3. The Kier molecular flexibility index (Phi) is 3.82. The van der Waals surface area contributed by atoms with Crippen LogP contribution in [0.5, 0.6) is 17.2 Å². The largest absolute Gasteiger partial charge is 0.493 e. The number of anilines is 1. The number of pyridine rings is 1. The van der Waals surface area contributed by atoms with E-state index < -0.39 is 6.10 Å². The number of hydrogen-bond acceptors (Lipinski definition) is 5. The Morgan fingerprint density at radius 2 is 2.09 bits per heavy atom. The summed E-state index contributed by atoms with van der Waals surface area (Å²) in [7, 11) is 1.54. The van der Waals surface area contributed by atoms with Crippen molar-refractivity contribution in [3.8, 4) is 17.2 Å². The Labute approximate surface area is 128 Å². The third-order valence-electron chi connectivity index (χ3n) is 3.35. The number of methoxy groups -OCH3 is 1. The van der Waals surface area contributed by atoms with Crippen molar-refractivity contribution in [2.45, 2.75) is 13.0 Å². The molecule has 0 bridgehead atoms. The second-order valence-electron chi connectivity index (χ2n) is 4.83. The van der Waals surface area contributed by atoms with E-state index in [9.17, 15) is 4.79 Å². The van der Waals surface area contributed by atoms with Crippen LogP contribution in [0.3, 0.4) is 0 Å². The van der Waals surface area contributed by atoms with E-state index in [1.165, 1.54) is 7.11 Å². The molecule has 1 amide bonds. The van der Waals surface area contributed by atoms with Crippen molar-refractivity contribution in [3.05, 3.63) is 42.2 Å². The molecule has 0 saturated heterocycles. The summed E-state index contributed by atoms with van der Waals surface area (Å²) >= 11 is 0. The first-order chi connectivity index (χ1) is 10.7. The molecule has 22 heavy (non-hydrogen) atoms. The molecule has 1 unspecified atom stereocenters. The molecule has 6 nitrogen and oxygen atoms in total. The molecule has 1 N–H and O–H groups in total. The number of fused-ring (bicyclic) bond motifs is 1. The van der Waals surface area contributed by atoms with E-state index >= 15 is 0 Å². The number of aryl methyl sites for hydroxylation is 1. The van der Waals surface area contributed by atoms with E-state index in [-0.39, 0.29) is 12.5 Å². The van der Waals surface area contributed by atoms with Crippen LogP contribution in [0.15, 0.2) is 36.5 Å². The fourth-order valence-electron chi connectivity index (χ4n) is 2.27. The van der Waals surface area contributed by atoms with E-state index in [0.29, 0.717) is 28.6 Å². The Morgan fingerprint density at radius 3 is 2.86 bits per heavy atom. The van der Waals surface area contributed by atoms with Crippen LogP contribution in [0.1, 0.15) is 5.69 Å². The van der Waals surface area contributed by atoms with Gasteiger partial charge in [-0.2, -0.15) is 0 Å². The average Bonchev–Trinajstić information content (AvgIpc) is 2.54. The van der Waals surface area contributed by atoms with Crippen LogP contribution < -0.4 is 19.5 Å². The van der Waals surface area contributed by atoms with Gasteiger partial charge >= 0.3 is 0 Å². The minimum absolute atomic E-state index is 0.162. The molecule has 0 radical (unpaired) electrons. The number of ether oxygens (including phenoxy) is 3. The summed E-state index contributed by atoms with van der Waals surface area (Å²) in [5.41, 5.74) is 1.26. The van der Waals surface area contributed by atoms with E-state index in [0.717, 1.165) is 0 Å². The van der Waals surface area contributed by atoms with Gasteiger partial charge in [0.05, 0.1) is 18.5 Å². The molecular formula is C16H16N2O4. The minimum atomic E-state index is -0.715. The van der Waals surface area contributed by atoms with Crippen molar-refractivity contribution >= 4 is 11.6 Å². The Balaban J connectivity index is 1.75. The number of carbonyl (C=O) groups is 1. The summed E-state index contributed by atoms with van der Waals surface area (Å²) in [6, 6.07) is 8.94. The third-order valence-corrected chi connectivity index (χ3v) is 3.35. The van der Waals surface area contributed by atoms with E-state index in [2.05, 4.69) is 10.3 Å². The Hall–Kier alpha value is -2.76. The van der Waals surface area contributed by atoms with Crippen LogP contribution in [-0.4, -0.2) is 30.7 Å². The number of para-hydroxylation sites is 2. The van der Waals surface area contributed by atoms with Crippen molar-refractivity contribution in [3.63, 3.8) is 0 Å². The molecule has 0 saturated carbocycles. The van der Waals surface area contributed by atoms with Gasteiger partial charge in [0.15, 0.2) is 17.2 Å². The molecule has 6 heteroatoms. The first-order valence-electron chi connectivity index (χ1n) is 6.88. The Morgan fingerprint density at radius 1 is 1.32 bits per heavy atom. The smallest absolute Gasteiger partial charge is 0.269 e. The monoisotopic (exact) mass is 300 g/mol.